The lowest BCUT2D eigenvalue weighted by atomic mass is 9.65. The lowest BCUT2D eigenvalue weighted by Gasteiger charge is -2.38. The molecule has 2 N–H and O–H groups in total. The van der Waals surface area contributed by atoms with E-state index in [4.69, 9.17) is 17.6 Å². The SMILES string of the molecule is C[C@@]1(c2ccccc2)C(=C=N)C(=S)NC(=O)[C@H]1C#N. The van der Waals surface area contributed by atoms with Crippen LogP contribution in [0.5, 0.6) is 0 Å². The molecule has 1 aromatic rings. The van der Waals surface area contributed by atoms with Crippen molar-refractivity contribution < 1.29 is 4.79 Å². The molecule has 0 unspecified atom stereocenters. The minimum atomic E-state index is -0.947. The molecule has 1 aliphatic rings. The van der Waals surface area contributed by atoms with E-state index in [0.29, 0.717) is 5.57 Å². The lowest BCUT2D eigenvalue weighted by molar-refractivity contribution is -0.123. The molecule has 0 aliphatic carbocycles. The van der Waals surface area contributed by atoms with Crippen molar-refractivity contribution in [2.75, 3.05) is 0 Å². The van der Waals surface area contributed by atoms with Crippen molar-refractivity contribution in [2.24, 2.45) is 5.92 Å². The Morgan fingerprint density at radius 3 is 2.58 bits per heavy atom. The minimum Gasteiger partial charge on any atom is -0.315 e. The topological polar surface area (TPSA) is 76.7 Å². The summed E-state index contributed by atoms with van der Waals surface area (Å²) in [6.07, 6.45) is 0. The first-order chi connectivity index (χ1) is 9.05. The first-order valence-corrected chi connectivity index (χ1v) is 6.07. The van der Waals surface area contributed by atoms with Gasteiger partial charge in [0.05, 0.1) is 17.1 Å². The fourth-order valence-corrected chi connectivity index (χ4v) is 2.72. The van der Waals surface area contributed by atoms with Gasteiger partial charge in [-0.25, -0.2) is 0 Å². The molecule has 1 heterocycles. The standard InChI is InChI=1S/C14H11N3OS/c1-14(9-5-3-2-4-6-9)10(7-15)12(18)17-13(19)11(14)8-16/h2-6,10,16H,1H3,(H,17,18,19)/t10-,14+/m1/s1. The smallest absolute Gasteiger partial charge is 0.243 e. The number of hydrogen-bond donors (Lipinski definition) is 2. The highest BCUT2D eigenvalue weighted by Crippen LogP contribution is 2.40. The molecule has 1 saturated heterocycles. The highest BCUT2D eigenvalue weighted by Gasteiger charge is 2.49. The molecule has 94 valence electrons. The maximum absolute atomic E-state index is 12.0. The van der Waals surface area contributed by atoms with Crippen LogP contribution in [-0.2, 0) is 10.2 Å². The molecule has 5 heteroatoms. The van der Waals surface area contributed by atoms with Gasteiger partial charge in [0.2, 0.25) is 5.91 Å². The summed E-state index contributed by atoms with van der Waals surface area (Å²) in [6.45, 7) is 1.75. The van der Waals surface area contributed by atoms with Gasteiger partial charge in [-0.05, 0) is 18.4 Å². The maximum Gasteiger partial charge on any atom is 0.243 e. The molecule has 0 aromatic heterocycles. The largest absolute Gasteiger partial charge is 0.315 e. The Hall–Kier alpha value is -2.28. The predicted octanol–water partition coefficient (Wildman–Crippen LogP) is 1.72. The van der Waals surface area contributed by atoms with Gasteiger partial charge in [0.25, 0.3) is 0 Å². The third-order valence-electron chi connectivity index (χ3n) is 3.45. The molecular weight excluding hydrogens is 258 g/mol. The molecule has 0 radical (unpaired) electrons. The molecule has 19 heavy (non-hydrogen) atoms. The quantitative estimate of drug-likeness (QED) is 0.463. The van der Waals surface area contributed by atoms with Crippen LogP contribution in [0.3, 0.4) is 0 Å². The highest BCUT2D eigenvalue weighted by atomic mass is 32.1. The first kappa shape index (κ1) is 13.2. The second-order valence-corrected chi connectivity index (χ2v) is 4.86. The van der Waals surface area contributed by atoms with Gasteiger partial charge in [0.1, 0.15) is 10.9 Å². The van der Waals surface area contributed by atoms with E-state index in [2.05, 4.69) is 11.2 Å². The van der Waals surface area contributed by atoms with Crippen LogP contribution in [-0.4, -0.2) is 16.8 Å². The zero-order valence-electron chi connectivity index (χ0n) is 10.2. The summed E-state index contributed by atoms with van der Waals surface area (Å²) in [4.78, 5) is 12.1. The van der Waals surface area contributed by atoms with Gasteiger partial charge < -0.3 is 5.32 Å². The fraction of sp³-hybridized carbons (Fsp3) is 0.214. The van der Waals surface area contributed by atoms with Crippen LogP contribution in [0.25, 0.3) is 0 Å². The lowest BCUT2D eigenvalue weighted by Crippen LogP contribution is -2.54. The molecule has 2 rings (SSSR count). The Morgan fingerprint density at radius 2 is 2.05 bits per heavy atom. The predicted molar refractivity (Wildman–Crippen MR) is 74.9 cm³/mol. The number of thiocarbonyl (C=S) groups is 1. The molecule has 1 amide bonds. The van der Waals surface area contributed by atoms with Gasteiger partial charge in [0, 0.05) is 0 Å². The zero-order chi connectivity index (χ0) is 14.0. The van der Waals surface area contributed by atoms with E-state index in [-0.39, 0.29) is 4.99 Å². The third kappa shape index (κ3) is 1.88. The first-order valence-electron chi connectivity index (χ1n) is 5.66. The Morgan fingerprint density at radius 1 is 1.42 bits per heavy atom. The van der Waals surface area contributed by atoms with E-state index < -0.39 is 17.2 Å². The van der Waals surface area contributed by atoms with Crippen molar-refractivity contribution >= 4 is 29.0 Å². The van der Waals surface area contributed by atoms with E-state index in [0.717, 1.165) is 5.56 Å². The third-order valence-corrected chi connectivity index (χ3v) is 3.76. The summed E-state index contributed by atoms with van der Waals surface area (Å²) in [7, 11) is 0. The number of nitrogens with zero attached hydrogens (tertiary/aromatic N) is 1. The number of nitriles is 1. The number of carbonyl (C=O) groups excluding carboxylic acids is 1. The van der Waals surface area contributed by atoms with Crippen LogP contribution in [0.2, 0.25) is 0 Å². The number of hydrogen-bond acceptors (Lipinski definition) is 4. The molecule has 1 aliphatic heterocycles. The summed E-state index contributed by atoms with van der Waals surface area (Å²) >= 11 is 5.09. The molecule has 2 atom stereocenters. The summed E-state index contributed by atoms with van der Waals surface area (Å²) in [5.41, 5.74) is 0.185. The molecule has 0 saturated carbocycles. The second-order valence-electron chi connectivity index (χ2n) is 4.45. The van der Waals surface area contributed by atoms with E-state index in [1.54, 1.807) is 6.92 Å². The summed E-state index contributed by atoms with van der Waals surface area (Å²) < 4.78 is 0. The van der Waals surface area contributed by atoms with Crippen molar-refractivity contribution in [3.05, 3.63) is 41.5 Å². The number of amides is 1. The van der Waals surface area contributed by atoms with E-state index in [9.17, 15) is 10.1 Å². The molecule has 0 bridgehead atoms. The minimum absolute atomic E-state index is 0.165. The normalized spacial score (nSPS) is 26.3. The van der Waals surface area contributed by atoms with Crippen molar-refractivity contribution in [2.45, 2.75) is 12.3 Å². The Balaban J connectivity index is 2.72. The monoisotopic (exact) mass is 269 g/mol. The van der Waals surface area contributed by atoms with Gasteiger partial charge in [-0.3, -0.25) is 10.2 Å². The molecule has 0 spiro atoms. The Bertz CT molecular complexity index is 640. The van der Waals surface area contributed by atoms with Gasteiger partial charge in [-0.15, -0.1) is 0 Å². The number of carbonyl (C=O) groups is 1. The van der Waals surface area contributed by atoms with Gasteiger partial charge in [-0.1, -0.05) is 42.5 Å². The molecular formula is C14H11N3OS. The van der Waals surface area contributed by atoms with E-state index in [1.807, 2.05) is 36.4 Å². The summed E-state index contributed by atoms with van der Waals surface area (Å²) in [5, 5.41) is 19.2. The second kappa shape index (κ2) is 4.77. The number of piperidine rings is 1. The Labute approximate surface area is 116 Å². The fourth-order valence-electron chi connectivity index (χ4n) is 2.36. The summed E-state index contributed by atoms with van der Waals surface area (Å²) in [5.74, 6) is 0.919. The highest BCUT2D eigenvalue weighted by molar-refractivity contribution is 7.80. The van der Waals surface area contributed by atoms with Gasteiger partial charge >= 0.3 is 0 Å². The molecule has 4 nitrogen and oxygen atoms in total. The van der Waals surface area contributed by atoms with E-state index >= 15 is 0 Å². The van der Waals surface area contributed by atoms with Crippen LogP contribution >= 0.6 is 12.2 Å². The van der Waals surface area contributed by atoms with Crippen LogP contribution in [0.4, 0.5) is 0 Å². The summed E-state index contributed by atoms with van der Waals surface area (Å²) in [6, 6.07) is 11.2. The van der Waals surface area contributed by atoms with Gasteiger partial charge in [-0.2, -0.15) is 5.26 Å². The number of benzene rings is 1. The van der Waals surface area contributed by atoms with Crippen LogP contribution in [0, 0.1) is 22.7 Å². The van der Waals surface area contributed by atoms with Crippen molar-refractivity contribution in [3.8, 4) is 6.07 Å². The average Bonchev–Trinajstić information content (AvgIpc) is 2.40. The van der Waals surface area contributed by atoms with Crippen LogP contribution in [0.1, 0.15) is 12.5 Å². The van der Waals surface area contributed by atoms with E-state index in [1.165, 1.54) is 0 Å². The van der Waals surface area contributed by atoms with Gasteiger partial charge in [0.15, 0.2) is 0 Å². The number of nitrogens with one attached hydrogen (secondary N) is 2. The number of rotatable bonds is 1. The van der Waals surface area contributed by atoms with Crippen LogP contribution < -0.4 is 5.32 Å². The van der Waals surface area contributed by atoms with Crippen molar-refractivity contribution in [1.82, 2.24) is 5.32 Å². The molecule has 1 aromatic carbocycles. The Kier molecular flexibility index (Phi) is 3.30. The maximum atomic E-state index is 12.0. The van der Waals surface area contributed by atoms with Crippen molar-refractivity contribution in [3.63, 3.8) is 0 Å². The molecule has 1 fully saturated rings. The van der Waals surface area contributed by atoms with Crippen LogP contribution in [0.15, 0.2) is 35.9 Å². The average molecular weight is 269 g/mol. The van der Waals surface area contributed by atoms with Crippen molar-refractivity contribution in [1.29, 1.82) is 10.7 Å². The zero-order valence-corrected chi connectivity index (χ0v) is 11.0.